The van der Waals surface area contributed by atoms with Crippen molar-refractivity contribution in [3.05, 3.63) is 49.0 Å². The van der Waals surface area contributed by atoms with E-state index in [1.54, 1.807) is 6.92 Å². The van der Waals surface area contributed by atoms with E-state index in [1.807, 2.05) is 24.3 Å². The molecule has 1 heterocycles. The van der Waals surface area contributed by atoms with E-state index in [0.717, 1.165) is 10.0 Å². The number of halogens is 2. The van der Waals surface area contributed by atoms with E-state index in [0.29, 0.717) is 8.66 Å². The third-order valence-corrected chi connectivity index (χ3v) is 7.10. The van der Waals surface area contributed by atoms with Crippen LogP contribution in [0.15, 0.2) is 43.5 Å². The first-order valence-electron chi connectivity index (χ1n) is 6.00. The number of thiophene rings is 1. The van der Waals surface area contributed by atoms with Crippen molar-refractivity contribution in [2.24, 2.45) is 0 Å². The monoisotopic (exact) mass is 453 g/mol. The average molecular weight is 455 g/mol. The van der Waals surface area contributed by atoms with Crippen LogP contribution in [0.1, 0.15) is 23.4 Å². The van der Waals surface area contributed by atoms with Gasteiger partial charge in [-0.2, -0.15) is 0 Å². The quantitative estimate of drug-likeness (QED) is 0.721. The fourth-order valence-electron chi connectivity index (χ4n) is 1.80. The smallest absolute Gasteiger partial charge is 0.243 e. The first kappa shape index (κ1) is 17.1. The molecule has 0 spiro atoms. The highest BCUT2D eigenvalue weighted by Gasteiger charge is 2.23. The zero-order valence-corrected chi connectivity index (χ0v) is 15.8. The number of aliphatic hydroxyl groups excluding tert-OH is 1. The van der Waals surface area contributed by atoms with Crippen molar-refractivity contribution >= 4 is 53.2 Å². The van der Waals surface area contributed by atoms with Gasteiger partial charge in [-0.3, -0.25) is 0 Å². The van der Waals surface area contributed by atoms with Crippen LogP contribution in [-0.2, 0) is 16.6 Å². The Morgan fingerprint density at radius 1 is 1.33 bits per heavy atom. The van der Waals surface area contributed by atoms with Gasteiger partial charge in [-0.1, -0.05) is 28.1 Å². The van der Waals surface area contributed by atoms with E-state index in [9.17, 15) is 8.42 Å². The summed E-state index contributed by atoms with van der Waals surface area (Å²) in [5.41, 5.74) is 0.863. The van der Waals surface area contributed by atoms with Gasteiger partial charge < -0.3 is 5.11 Å². The summed E-state index contributed by atoms with van der Waals surface area (Å²) in [6.07, 6.45) is 0. The van der Waals surface area contributed by atoms with Gasteiger partial charge in [-0.25, -0.2) is 13.1 Å². The lowest BCUT2D eigenvalue weighted by molar-refractivity contribution is 0.285. The van der Waals surface area contributed by atoms with E-state index in [2.05, 4.69) is 36.6 Å². The van der Waals surface area contributed by atoms with Crippen molar-refractivity contribution < 1.29 is 13.5 Å². The highest BCUT2D eigenvalue weighted by Crippen LogP contribution is 2.32. The number of sulfonamides is 1. The third kappa shape index (κ3) is 4.14. The lowest BCUT2D eigenvalue weighted by Crippen LogP contribution is -2.26. The summed E-state index contributed by atoms with van der Waals surface area (Å²) in [6, 6.07) is 8.58. The summed E-state index contributed by atoms with van der Waals surface area (Å²) in [5, 5.41) is 9.10. The third-order valence-electron chi connectivity index (χ3n) is 2.83. The predicted octanol–water partition coefficient (Wildman–Crippen LogP) is 3.80. The summed E-state index contributed by atoms with van der Waals surface area (Å²) in [6.45, 7) is 1.60. The van der Waals surface area contributed by atoms with Crippen LogP contribution >= 0.6 is 43.2 Å². The Morgan fingerprint density at radius 2 is 2.05 bits per heavy atom. The highest BCUT2D eigenvalue weighted by atomic mass is 79.9. The van der Waals surface area contributed by atoms with Crippen molar-refractivity contribution in [3.63, 3.8) is 0 Å². The van der Waals surface area contributed by atoms with Gasteiger partial charge in [0.2, 0.25) is 10.0 Å². The molecule has 1 aromatic carbocycles. The van der Waals surface area contributed by atoms with Gasteiger partial charge >= 0.3 is 0 Å². The minimum absolute atomic E-state index is 0.151. The maximum absolute atomic E-state index is 12.4. The fraction of sp³-hybridized carbons (Fsp3) is 0.231. The lowest BCUT2D eigenvalue weighted by Gasteiger charge is -2.14. The summed E-state index contributed by atoms with van der Waals surface area (Å²) in [5.74, 6) is 0. The molecule has 114 valence electrons. The summed E-state index contributed by atoms with van der Waals surface area (Å²) >= 11 is 7.81. The molecule has 0 saturated heterocycles. The number of aliphatic hydroxyl groups is 1. The molecule has 0 aliphatic carbocycles. The van der Waals surface area contributed by atoms with Crippen LogP contribution in [0.25, 0.3) is 0 Å². The largest absolute Gasteiger partial charge is 0.391 e. The molecule has 0 aliphatic rings. The van der Waals surface area contributed by atoms with Crippen molar-refractivity contribution in [3.8, 4) is 0 Å². The topological polar surface area (TPSA) is 66.4 Å². The van der Waals surface area contributed by atoms with Gasteiger partial charge in [0.1, 0.15) is 4.90 Å². The molecule has 2 rings (SSSR count). The van der Waals surface area contributed by atoms with E-state index in [1.165, 1.54) is 17.4 Å². The Morgan fingerprint density at radius 3 is 2.62 bits per heavy atom. The van der Waals surface area contributed by atoms with Crippen LogP contribution in [0.2, 0.25) is 0 Å². The zero-order chi connectivity index (χ0) is 15.6. The second-order valence-electron chi connectivity index (χ2n) is 4.41. The SMILES string of the molecule is CC(NS(=O)(=O)c1cc(CO)sc1Br)c1cccc(Br)c1. The molecule has 1 unspecified atom stereocenters. The van der Waals surface area contributed by atoms with E-state index >= 15 is 0 Å². The molecule has 21 heavy (non-hydrogen) atoms. The van der Waals surface area contributed by atoms with Gasteiger partial charge in [0.05, 0.1) is 10.4 Å². The molecule has 2 N–H and O–H groups in total. The standard InChI is InChI=1S/C13H13Br2NO3S2/c1-8(9-3-2-4-10(14)5-9)16-21(18,19)12-6-11(7-17)20-13(12)15/h2-6,8,16-17H,7H2,1H3. The maximum atomic E-state index is 12.4. The number of hydrogen-bond donors (Lipinski definition) is 2. The molecule has 0 aliphatic heterocycles. The van der Waals surface area contributed by atoms with Crippen LogP contribution in [0.4, 0.5) is 0 Å². The predicted molar refractivity (Wildman–Crippen MR) is 90.8 cm³/mol. The van der Waals surface area contributed by atoms with Gasteiger partial charge in [0.15, 0.2) is 0 Å². The summed E-state index contributed by atoms with van der Waals surface area (Å²) in [4.78, 5) is 0.746. The molecule has 1 aromatic heterocycles. The molecule has 8 heteroatoms. The lowest BCUT2D eigenvalue weighted by atomic mass is 10.1. The molecule has 2 aromatic rings. The van der Waals surface area contributed by atoms with Crippen LogP contribution in [0.3, 0.4) is 0 Å². The minimum atomic E-state index is -3.65. The number of hydrogen-bond acceptors (Lipinski definition) is 4. The maximum Gasteiger partial charge on any atom is 0.243 e. The molecule has 1 atom stereocenters. The number of benzene rings is 1. The molecule has 0 radical (unpaired) electrons. The van der Waals surface area contributed by atoms with Crippen molar-refractivity contribution in [1.29, 1.82) is 0 Å². The number of nitrogens with one attached hydrogen (secondary N) is 1. The summed E-state index contributed by atoms with van der Waals surface area (Å²) in [7, 11) is -3.65. The molecule has 4 nitrogen and oxygen atoms in total. The first-order valence-corrected chi connectivity index (χ1v) is 9.89. The molecule has 0 fully saturated rings. The second-order valence-corrected chi connectivity index (χ2v) is 9.46. The first-order chi connectivity index (χ1) is 9.83. The van der Waals surface area contributed by atoms with Gasteiger partial charge in [-0.15, -0.1) is 11.3 Å². The van der Waals surface area contributed by atoms with Gasteiger partial charge in [0, 0.05) is 15.4 Å². The van der Waals surface area contributed by atoms with Gasteiger partial charge in [0.25, 0.3) is 0 Å². The van der Waals surface area contributed by atoms with Crippen molar-refractivity contribution in [2.75, 3.05) is 0 Å². The normalized spacial score (nSPS) is 13.3. The molecule has 0 amide bonds. The van der Waals surface area contributed by atoms with Crippen LogP contribution in [0.5, 0.6) is 0 Å². The Hall–Kier alpha value is -0.250. The van der Waals surface area contributed by atoms with E-state index in [-0.39, 0.29) is 17.5 Å². The second kappa shape index (κ2) is 6.89. The Balaban J connectivity index is 2.26. The minimum Gasteiger partial charge on any atom is -0.391 e. The van der Waals surface area contributed by atoms with Crippen molar-refractivity contribution in [2.45, 2.75) is 24.5 Å². The van der Waals surface area contributed by atoms with E-state index in [4.69, 9.17) is 5.11 Å². The van der Waals surface area contributed by atoms with Crippen molar-refractivity contribution in [1.82, 2.24) is 4.72 Å². The Kier molecular flexibility index (Phi) is 5.61. The summed E-state index contributed by atoms with van der Waals surface area (Å²) < 4.78 is 28.9. The molecular formula is C13H13Br2NO3S2. The van der Waals surface area contributed by atoms with Gasteiger partial charge in [-0.05, 0) is 46.6 Å². The van der Waals surface area contributed by atoms with Crippen LogP contribution in [-0.4, -0.2) is 13.5 Å². The average Bonchev–Trinajstić information content (AvgIpc) is 2.80. The fourth-order valence-corrected chi connectivity index (χ4v) is 5.99. The molecular weight excluding hydrogens is 442 g/mol. The Bertz CT molecular complexity index is 744. The molecule has 0 saturated carbocycles. The Labute approximate surface area is 144 Å². The van der Waals surface area contributed by atoms with Crippen LogP contribution < -0.4 is 4.72 Å². The zero-order valence-electron chi connectivity index (χ0n) is 11.0. The highest BCUT2D eigenvalue weighted by molar-refractivity contribution is 9.11. The van der Waals surface area contributed by atoms with E-state index < -0.39 is 10.0 Å². The number of rotatable bonds is 5. The van der Waals surface area contributed by atoms with Crippen LogP contribution in [0, 0.1) is 0 Å². The molecule has 0 bridgehead atoms.